The van der Waals surface area contributed by atoms with Crippen LogP contribution in [0, 0.1) is 21.7 Å². The number of nitrogens with zero attached hydrogens (tertiary/aromatic N) is 3. The van der Waals surface area contributed by atoms with Gasteiger partial charge in [0.2, 0.25) is 5.82 Å². The van der Waals surface area contributed by atoms with Gasteiger partial charge in [-0.05, 0) is 0 Å². The molecule has 0 radical (unpaired) electrons. The molecule has 0 atom stereocenters. The van der Waals surface area contributed by atoms with Gasteiger partial charge in [0.05, 0.1) is 4.92 Å². The number of anilines is 1. The number of halogens is 2. The highest BCUT2D eigenvalue weighted by Gasteiger charge is 2.24. The zero-order chi connectivity index (χ0) is 14.7. The Morgan fingerprint density at radius 3 is 2.45 bits per heavy atom. The average Bonchev–Trinajstić information content (AvgIpc) is 2.36. The highest BCUT2D eigenvalue weighted by molar-refractivity contribution is 5.61. The van der Waals surface area contributed by atoms with Gasteiger partial charge >= 0.3 is 11.6 Å². The van der Waals surface area contributed by atoms with E-state index in [9.17, 15) is 18.9 Å². The van der Waals surface area contributed by atoms with Crippen LogP contribution >= 0.6 is 0 Å². The summed E-state index contributed by atoms with van der Waals surface area (Å²) in [6, 6.07) is 2.42. The van der Waals surface area contributed by atoms with E-state index in [1.54, 1.807) is 0 Å². The van der Waals surface area contributed by atoms with E-state index >= 15 is 0 Å². The Morgan fingerprint density at radius 1 is 1.25 bits per heavy atom. The minimum Gasteiger partial charge on any atom is -0.433 e. The van der Waals surface area contributed by atoms with Gasteiger partial charge in [0.15, 0.2) is 0 Å². The van der Waals surface area contributed by atoms with E-state index in [0.717, 1.165) is 18.5 Å². The SMILES string of the molecule is CNc1ncnc(Oc2cc(F)cc(F)c2)c1[N+](=O)[O-]. The molecule has 0 saturated heterocycles. The number of rotatable bonds is 4. The first kappa shape index (κ1) is 13.6. The van der Waals surface area contributed by atoms with Gasteiger partial charge in [-0.1, -0.05) is 0 Å². The second-order valence-electron chi connectivity index (χ2n) is 3.59. The lowest BCUT2D eigenvalue weighted by molar-refractivity contribution is -0.385. The van der Waals surface area contributed by atoms with Crippen LogP contribution < -0.4 is 10.1 Å². The number of nitrogens with one attached hydrogen (secondary N) is 1. The molecule has 0 aliphatic rings. The topological polar surface area (TPSA) is 90.2 Å². The summed E-state index contributed by atoms with van der Waals surface area (Å²) in [6.45, 7) is 0. The van der Waals surface area contributed by atoms with E-state index in [-0.39, 0.29) is 11.6 Å². The van der Waals surface area contributed by atoms with Crippen molar-refractivity contribution in [3.05, 3.63) is 46.3 Å². The highest BCUT2D eigenvalue weighted by Crippen LogP contribution is 2.33. The Hall–Kier alpha value is -2.84. The Balaban J connectivity index is 2.45. The molecule has 1 aromatic heterocycles. The Labute approximate surface area is 111 Å². The molecule has 0 saturated carbocycles. The molecule has 0 aliphatic carbocycles. The first-order valence-electron chi connectivity index (χ1n) is 5.32. The minimum atomic E-state index is -0.870. The molecule has 0 aliphatic heterocycles. The first-order valence-corrected chi connectivity index (χ1v) is 5.32. The smallest absolute Gasteiger partial charge is 0.373 e. The van der Waals surface area contributed by atoms with Crippen molar-refractivity contribution in [2.45, 2.75) is 0 Å². The van der Waals surface area contributed by atoms with Gasteiger partial charge in [-0.15, -0.1) is 0 Å². The average molecular weight is 282 g/mol. The van der Waals surface area contributed by atoms with Crippen LogP contribution in [0.3, 0.4) is 0 Å². The maximum atomic E-state index is 13.0. The summed E-state index contributed by atoms with van der Waals surface area (Å²) in [6.07, 6.45) is 1.03. The van der Waals surface area contributed by atoms with Crippen LogP contribution in [-0.4, -0.2) is 21.9 Å². The van der Waals surface area contributed by atoms with Crippen molar-refractivity contribution >= 4 is 11.5 Å². The van der Waals surface area contributed by atoms with Gasteiger partial charge < -0.3 is 10.1 Å². The fourth-order valence-corrected chi connectivity index (χ4v) is 1.48. The maximum absolute atomic E-state index is 13.0. The van der Waals surface area contributed by atoms with Crippen molar-refractivity contribution in [1.82, 2.24) is 9.97 Å². The van der Waals surface area contributed by atoms with E-state index in [0.29, 0.717) is 6.07 Å². The summed E-state index contributed by atoms with van der Waals surface area (Å²) < 4.78 is 31.1. The van der Waals surface area contributed by atoms with Crippen molar-refractivity contribution in [2.75, 3.05) is 12.4 Å². The Bertz CT molecular complexity index is 646. The van der Waals surface area contributed by atoms with Crippen LogP contribution in [0.4, 0.5) is 20.3 Å². The predicted octanol–water partition coefficient (Wildman–Crippen LogP) is 2.50. The number of aromatic nitrogens is 2. The summed E-state index contributed by atoms with van der Waals surface area (Å²) in [7, 11) is 1.43. The fourth-order valence-electron chi connectivity index (χ4n) is 1.48. The number of nitro groups is 1. The summed E-state index contributed by atoms with van der Waals surface area (Å²) >= 11 is 0. The summed E-state index contributed by atoms with van der Waals surface area (Å²) in [5.74, 6) is -2.47. The number of benzene rings is 1. The lowest BCUT2D eigenvalue weighted by Crippen LogP contribution is -2.03. The lowest BCUT2D eigenvalue weighted by atomic mass is 10.3. The van der Waals surface area contributed by atoms with Gasteiger partial charge in [-0.3, -0.25) is 10.1 Å². The molecule has 0 bridgehead atoms. The van der Waals surface area contributed by atoms with Crippen molar-refractivity contribution in [2.24, 2.45) is 0 Å². The van der Waals surface area contributed by atoms with Crippen molar-refractivity contribution in [1.29, 1.82) is 0 Å². The zero-order valence-corrected chi connectivity index (χ0v) is 10.1. The van der Waals surface area contributed by atoms with Gasteiger partial charge in [-0.25, -0.2) is 13.8 Å². The molecule has 1 N–H and O–H groups in total. The highest BCUT2D eigenvalue weighted by atomic mass is 19.1. The molecule has 20 heavy (non-hydrogen) atoms. The molecule has 0 amide bonds. The molecular weight excluding hydrogens is 274 g/mol. The largest absolute Gasteiger partial charge is 0.433 e. The molecule has 7 nitrogen and oxygen atoms in total. The minimum absolute atomic E-state index is 0.0723. The van der Waals surface area contributed by atoms with Crippen LogP contribution in [0.5, 0.6) is 11.6 Å². The van der Waals surface area contributed by atoms with E-state index in [1.165, 1.54) is 7.05 Å². The van der Waals surface area contributed by atoms with E-state index in [1.807, 2.05) is 0 Å². The quantitative estimate of drug-likeness (QED) is 0.684. The predicted molar refractivity (Wildman–Crippen MR) is 64.7 cm³/mol. The van der Waals surface area contributed by atoms with Crippen LogP contribution in [-0.2, 0) is 0 Å². The molecule has 1 aromatic carbocycles. The van der Waals surface area contributed by atoms with Gasteiger partial charge in [0.1, 0.15) is 23.7 Å². The Kier molecular flexibility index (Phi) is 3.69. The molecule has 0 fully saturated rings. The van der Waals surface area contributed by atoms with E-state index < -0.39 is 28.1 Å². The third-order valence-electron chi connectivity index (χ3n) is 2.26. The van der Waals surface area contributed by atoms with E-state index in [2.05, 4.69) is 15.3 Å². The second kappa shape index (κ2) is 5.43. The van der Waals surface area contributed by atoms with Gasteiger partial charge in [0, 0.05) is 25.2 Å². The van der Waals surface area contributed by atoms with Crippen LogP contribution in [0.2, 0.25) is 0 Å². The second-order valence-corrected chi connectivity index (χ2v) is 3.59. The van der Waals surface area contributed by atoms with Gasteiger partial charge in [-0.2, -0.15) is 4.98 Å². The van der Waals surface area contributed by atoms with Crippen molar-refractivity contribution in [3.63, 3.8) is 0 Å². The summed E-state index contributed by atoms with van der Waals surface area (Å²) in [5.41, 5.74) is -0.528. The Morgan fingerprint density at radius 2 is 1.90 bits per heavy atom. The maximum Gasteiger partial charge on any atom is 0.373 e. The fraction of sp³-hybridized carbons (Fsp3) is 0.0909. The monoisotopic (exact) mass is 282 g/mol. The molecule has 1 heterocycles. The first-order chi connectivity index (χ1) is 9.51. The molecule has 104 valence electrons. The zero-order valence-electron chi connectivity index (χ0n) is 10.1. The normalized spacial score (nSPS) is 10.2. The number of ether oxygens (including phenoxy) is 1. The van der Waals surface area contributed by atoms with Crippen LogP contribution in [0.15, 0.2) is 24.5 Å². The molecule has 9 heteroatoms. The van der Waals surface area contributed by atoms with Gasteiger partial charge in [0.25, 0.3) is 0 Å². The summed E-state index contributed by atoms with van der Waals surface area (Å²) in [5, 5.41) is 13.5. The third kappa shape index (κ3) is 2.76. The standard InChI is InChI=1S/C11H8F2N4O3/c1-14-10-9(17(18)19)11(16-5-15-10)20-8-3-6(12)2-7(13)4-8/h2-5H,1H3,(H,14,15,16). The van der Waals surface area contributed by atoms with Crippen LogP contribution in [0.1, 0.15) is 0 Å². The van der Waals surface area contributed by atoms with E-state index in [4.69, 9.17) is 4.74 Å². The molecular formula is C11H8F2N4O3. The number of hydrogen-bond donors (Lipinski definition) is 1. The number of hydrogen-bond acceptors (Lipinski definition) is 6. The lowest BCUT2D eigenvalue weighted by Gasteiger charge is -2.07. The van der Waals surface area contributed by atoms with Crippen molar-refractivity contribution < 1.29 is 18.4 Å². The van der Waals surface area contributed by atoms with Crippen LogP contribution in [0.25, 0.3) is 0 Å². The molecule has 0 spiro atoms. The molecule has 2 rings (SSSR count). The molecule has 2 aromatic rings. The van der Waals surface area contributed by atoms with Crippen molar-refractivity contribution in [3.8, 4) is 11.6 Å². The third-order valence-corrected chi connectivity index (χ3v) is 2.26. The summed E-state index contributed by atoms with van der Waals surface area (Å²) in [4.78, 5) is 17.5. The molecule has 0 unspecified atom stereocenters.